The van der Waals surface area contributed by atoms with E-state index >= 15 is 0 Å². The minimum absolute atomic E-state index is 0.666. The van der Waals surface area contributed by atoms with Gasteiger partial charge in [0.05, 0.1) is 0 Å². The molecule has 0 bridgehead atoms. The minimum Gasteiger partial charge on any atom is -0.350 e. The highest BCUT2D eigenvalue weighted by atomic mass is 35.5. The molecule has 0 saturated heterocycles. The van der Waals surface area contributed by atoms with Crippen molar-refractivity contribution in [3.63, 3.8) is 0 Å². The number of aromatic nitrogens is 1. The van der Waals surface area contributed by atoms with Gasteiger partial charge in [-0.2, -0.15) is 0 Å². The van der Waals surface area contributed by atoms with E-state index in [1.165, 1.54) is 10.9 Å². The second-order valence-electron chi connectivity index (χ2n) is 3.31. The van der Waals surface area contributed by atoms with Gasteiger partial charge < -0.3 is 4.57 Å². The lowest BCUT2D eigenvalue weighted by molar-refractivity contribution is 0.742. The fourth-order valence-corrected chi connectivity index (χ4v) is 1.86. The quantitative estimate of drug-likeness (QED) is 0.585. The molecule has 0 saturated carbocycles. The Bertz CT molecular complexity index is 462. The molecule has 1 heterocycles. The highest BCUT2D eigenvalue weighted by Crippen LogP contribution is 2.23. The Morgan fingerprint density at radius 3 is 3.00 bits per heavy atom. The average Bonchev–Trinajstić information content (AvgIpc) is 2.44. The Hall–Kier alpha value is -1.03. The number of hydrogen-bond donors (Lipinski definition) is 2. The van der Waals surface area contributed by atoms with Gasteiger partial charge in [0.1, 0.15) is 0 Å². The van der Waals surface area contributed by atoms with Gasteiger partial charge in [0.15, 0.2) is 0 Å². The lowest BCUT2D eigenvalue weighted by Gasteiger charge is -1.97. The number of benzene rings is 1. The van der Waals surface area contributed by atoms with Gasteiger partial charge in [-0.1, -0.05) is 17.7 Å². The van der Waals surface area contributed by atoms with Crippen LogP contribution < -0.4 is 11.3 Å². The number of hydrazine groups is 1. The van der Waals surface area contributed by atoms with Crippen LogP contribution in [0.1, 0.15) is 5.56 Å². The minimum atomic E-state index is 0.666. The van der Waals surface area contributed by atoms with E-state index in [0.29, 0.717) is 6.54 Å². The lowest BCUT2D eigenvalue weighted by atomic mass is 10.2. The molecule has 0 fully saturated rings. The number of fused-ring (bicyclic) bond motifs is 1. The standard InChI is InChI=1S/C10H12ClN3/c1-14-6-7(5-13-12)9-3-2-8(11)4-10(9)14/h2-4,6,13H,5,12H2,1H3. The van der Waals surface area contributed by atoms with Gasteiger partial charge in [-0.3, -0.25) is 11.3 Å². The third kappa shape index (κ3) is 1.50. The SMILES string of the molecule is Cn1cc(CNN)c2ccc(Cl)cc21. The van der Waals surface area contributed by atoms with Crippen molar-refractivity contribution in [3.05, 3.63) is 35.0 Å². The van der Waals surface area contributed by atoms with E-state index in [0.717, 1.165) is 10.5 Å². The summed E-state index contributed by atoms with van der Waals surface area (Å²) in [6.45, 7) is 0.666. The first-order valence-corrected chi connectivity index (χ1v) is 4.77. The predicted molar refractivity (Wildman–Crippen MR) is 59.0 cm³/mol. The third-order valence-corrected chi connectivity index (χ3v) is 2.56. The fourth-order valence-electron chi connectivity index (χ4n) is 1.69. The summed E-state index contributed by atoms with van der Waals surface area (Å²) in [5, 5.41) is 1.95. The Morgan fingerprint density at radius 1 is 1.50 bits per heavy atom. The molecule has 3 nitrogen and oxygen atoms in total. The molecular formula is C10H12ClN3. The summed E-state index contributed by atoms with van der Waals surface area (Å²) in [4.78, 5) is 0. The van der Waals surface area contributed by atoms with Gasteiger partial charge in [0, 0.05) is 35.7 Å². The zero-order valence-corrected chi connectivity index (χ0v) is 8.67. The van der Waals surface area contributed by atoms with Crippen LogP contribution >= 0.6 is 11.6 Å². The van der Waals surface area contributed by atoms with Crippen LogP contribution in [0.25, 0.3) is 10.9 Å². The molecule has 0 spiro atoms. The molecular weight excluding hydrogens is 198 g/mol. The summed E-state index contributed by atoms with van der Waals surface area (Å²) < 4.78 is 2.05. The van der Waals surface area contributed by atoms with Crippen LogP contribution in [0.15, 0.2) is 24.4 Å². The Morgan fingerprint density at radius 2 is 2.29 bits per heavy atom. The van der Waals surface area contributed by atoms with E-state index in [-0.39, 0.29) is 0 Å². The first kappa shape index (κ1) is 9.52. The summed E-state index contributed by atoms with van der Waals surface area (Å²) in [6, 6.07) is 5.87. The van der Waals surface area contributed by atoms with Crippen LogP contribution in [0.2, 0.25) is 5.02 Å². The van der Waals surface area contributed by atoms with Gasteiger partial charge in [-0.15, -0.1) is 0 Å². The van der Waals surface area contributed by atoms with E-state index in [1.54, 1.807) is 0 Å². The highest BCUT2D eigenvalue weighted by Gasteiger charge is 2.05. The second-order valence-corrected chi connectivity index (χ2v) is 3.74. The molecule has 0 aliphatic carbocycles. The summed E-state index contributed by atoms with van der Waals surface area (Å²) in [6.07, 6.45) is 2.06. The fraction of sp³-hybridized carbons (Fsp3) is 0.200. The number of rotatable bonds is 2. The zero-order chi connectivity index (χ0) is 10.1. The summed E-state index contributed by atoms with van der Waals surface area (Å²) in [5.74, 6) is 5.31. The van der Waals surface area contributed by atoms with Crippen molar-refractivity contribution in [1.29, 1.82) is 0 Å². The first-order valence-electron chi connectivity index (χ1n) is 4.39. The van der Waals surface area contributed by atoms with Crippen LogP contribution in [-0.4, -0.2) is 4.57 Å². The van der Waals surface area contributed by atoms with Crippen LogP contribution in [0.4, 0.5) is 0 Å². The molecule has 0 aliphatic rings. The van der Waals surface area contributed by atoms with Gasteiger partial charge in [-0.05, 0) is 17.7 Å². The Labute approximate surface area is 87.4 Å². The van der Waals surface area contributed by atoms with Crippen molar-refractivity contribution in [2.45, 2.75) is 6.54 Å². The van der Waals surface area contributed by atoms with Gasteiger partial charge >= 0.3 is 0 Å². The number of hydrogen-bond acceptors (Lipinski definition) is 2. The molecule has 1 aromatic carbocycles. The van der Waals surface area contributed by atoms with Crippen molar-refractivity contribution in [2.75, 3.05) is 0 Å². The van der Waals surface area contributed by atoms with Crippen LogP contribution in [0.3, 0.4) is 0 Å². The van der Waals surface area contributed by atoms with Crippen LogP contribution in [0.5, 0.6) is 0 Å². The zero-order valence-electron chi connectivity index (χ0n) is 7.92. The first-order chi connectivity index (χ1) is 6.72. The molecule has 0 unspecified atom stereocenters. The molecule has 0 aliphatic heterocycles. The average molecular weight is 210 g/mol. The molecule has 0 atom stereocenters. The van der Waals surface area contributed by atoms with Gasteiger partial charge in [0.25, 0.3) is 0 Å². The number of nitrogens with zero attached hydrogens (tertiary/aromatic N) is 1. The normalized spacial score (nSPS) is 11.1. The van der Waals surface area contributed by atoms with Crippen molar-refractivity contribution in [3.8, 4) is 0 Å². The van der Waals surface area contributed by atoms with E-state index in [4.69, 9.17) is 17.4 Å². The maximum atomic E-state index is 5.92. The van der Waals surface area contributed by atoms with Crippen LogP contribution in [-0.2, 0) is 13.6 Å². The Balaban J connectivity index is 2.65. The van der Waals surface area contributed by atoms with Gasteiger partial charge in [0.2, 0.25) is 0 Å². The molecule has 14 heavy (non-hydrogen) atoms. The number of aryl methyl sites for hydroxylation is 1. The topological polar surface area (TPSA) is 43.0 Å². The van der Waals surface area contributed by atoms with E-state index in [9.17, 15) is 0 Å². The van der Waals surface area contributed by atoms with Crippen molar-refractivity contribution >= 4 is 22.5 Å². The number of nitrogens with one attached hydrogen (secondary N) is 1. The van der Waals surface area contributed by atoms with Crippen molar-refractivity contribution in [2.24, 2.45) is 12.9 Å². The molecule has 0 radical (unpaired) electrons. The predicted octanol–water partition coefficient (Wildman–Crippen LogP) is 1.79. The Kier molecular flexibility index (Phi) is 2.46. The van der Waals surface area contributed by atoms with Gasteiger partial charge in [-0.25, -0.2) is 0 Å². The largest absolute Gasteiger partial charge is 0.350 e. The summed E-state index contributed by atoms with van der Waals surface area (Å²) >= 11 is 5.92. The summed E-state index contributed by atoms with van der Waals surface area (Å²) in [7, 11) is 2.00. The molecule has 4 heteroatoms. The van der Waals surface area contributed by atoms with E-state index in [1.807, 2.05) is 29.8 Å². The van der Waals surface area contributed by atoms with E-state index < -0.39 is 0 Å². The number of halogens is 1. The van der Waals surface area contributed by atoms with E-state index in [2.05, 4.69) is 11.6 Å². The lowest BCUT2D eigenvalue weighted by Crippen LogP contribution is -2.20. The molecule has 2 aromatic rings. The highest BCUT2D eigenvalue weighted by molar-refractivity contribution is 6.31. The monoisotopic (exact) mass is 209 g/mol. The molecule has 0 amide bonds. The number of nitrogens with two attached hydrogens (primary N) is 1. The molecule has 1 aromatic heterocycles. The van der Waals surface area contributed by atoms with Crippen molar-refractivity contribution < 1.29 is 0 Å². The summed E-state index contributed by atoms with van der Waals surface area (Å²) in [5.41, 5.74) is 4.97. The smallest absolute Gasteiger partial charge is 0.0495 e. The molecule has 74 valence electrons. The van der Waals surface area contributed by atoms with Crippen LogP contribution in [0, 0.1) is 0 Å². The second kappa shape index (κ2) is 3.61. The van der Waals surface area contributed by atoms with Crippen molar-refractivity contribution in [1.82, 2.24) is 9.99 Å². The molecule has 3 N–H and O–H groups in total. The maximum absolute atomic E-state index is 5.92. The molecule has 2 rings (SSSR count). The third-order valence-electron chi connectivity index (χ3n) is 2.33. The maximum Gasteiger partial charge on any atom is 0.0495 e.